The number of carbonyl (C=O) groups is 2. The predicted octanol–water partition coefficient (Wildman–Crippen LogP) is 2.06. The first-order valence-corrected chi connectivity index (χ1v) is 7.15. The molecule has 1 aromatic rings. The fraction of sp³-hybridized carbons (Fsp3) is 0.500. The topological polar surface area (TPSA) is 57.6 Å². The van der Waals surface area contributed by atoms with E-state index in [0.29, 0.717) is 17.7 Å². The number of imide groups is 1. The van der Waals surface area contributed by atoms with Gasteiger partial charge in [-0.25, -0.2) is 0 Å². The van der Waals surface area contributed by atoms with E-state index in [1.165, 1.54) is 4.90 Å². The van der Waals surface area contributed by atoms with Gasteiger partial charge in [0.05, 0.1) is 17.2 Å². The number of aliphatic hydroxyl groups excluding tert-OH is 1. The standard InChI is InChI=1S/C16H19NO3/c1-9-6-7-10(2)14-13(9)15(19)17(16(14)20)8-11-4-3-5-12(11)18/h6-7,11-12,18H,3-5,8H2,1-2H3. The molecule has 1 aliphatic heterocycles. The number of fused-ring (bicyclic) bond motifs is 1. The van der Waals surface area contributed by atoms with Crippen LogP contribution >= 0.6 is 0 Å². The van der Waals surface area contributed by atoms with Crippen LogP contribution in [0.4, 0.5) is 0 Å². The number of benzene rings is 1. The molecule has 106 valence electrons. The molecule has 1 fully saturated rings. The molecule has 2 aliphatic rings. The molecule has 1 aromatic carbocycles. The smallest absolute Gasteiger partial charge is 0.261 e. The molecule has 2 atom stereocenters. The Morgan fingerprint density at radius 3 is 2.10 bits per heavy atom. The highest BCUT2D eigenvalue weighted by Gasteiger charge is 2.40. The Kier molecular flexibility index (Phi) is 3.13. The van der Waals surface area contributed by atoms with Crippen molar-refractivity contribution in [2.75, 3.05) is 6.54 Å². The summed E-state index contributed by atoms with van der Waals surface area (Å²) in [5.41, 5.74) is 2.78. The van der Waals surface area contributed by atoms with Gasteiger partial charge in [0.2, 0.25) is 0 Å². The predicted molar refractivity (Wildman–Crippen MR) is 74.6 cm³/mol. The van der Waals surface area contributed by atoms with Crippen LogP contribution in [-0.4, -0.2) is 34.5 Å². The van der Waals surface area contributed by atoms with Crippen LogP contribution in [0.1, 0.15) is 51.1 Å². The number of amides is 2. The van der Waals surface area contributed by atoms with Gasteiger partial charge in [-0.15, -0.1) is 0 Å². The van der Waals surface area contributed by atoms with Crippen molar-refractivity contribution in [3.8, 4) is 0 Å². The average molecular weight is 273 g/mol. The minimum absolute atomic E-state index is 0.0258. The third kappa shape index (κ3) is 1.86. The number of aryl methyl sites for hydroxylation is 2. The minimum Gasteiger partial charge on any atom is -0.393 e. The molecular formula is C16H19NO3. The number of hydrogen-bond acceptors (Lipinski definition) is 3. The van der Waals surface area contributed by atoms with Crippen molar-refractivity contribution in [3.63, 3.8) is 0 Å². The van der Waals surface area contributed by atoms with Crippen LogP contribution in [0.25, 0.3) is 0 Å². The largest absolute Gasteiger partial charge is 0.393 e. The van der Waals surface area contributed by atoms with E-state index in [1.807, 2.05) is 26.0 Å². The van der Waals surface area contributed by atoms with Crippen LogP contribution in [0.15, 0.2) is 12.1 Å². The molecule has 0 bridgehead atoms. The van der Waals surface area contributed by atoms with E-state index < -0.39 is 0 Å². The second-order valence-corrected chi connectivity index (χ2v) is 5.93. The van der Waals surface area contributed by atoms with Gasteiger partial charge in [-0.3, -0.25) is 14.5 Å². The maximum Gasteiger partial charge on any atom is 0.261 e. The Labute approximate surface area is 118 Å². The monoisotopic (exact) mass is 273 g/mol. The normalized spacial score (nSPS) is 25.4. The first kappa shape index (κ1) is 13.3. The summed E-state index contributed by atoms with van der Waals surface area (Å²) in [5.74, 6) is -0.381. The number of rotatable bonds is 2. The van der Waals surface area contributed by atoms with Crippen molar-refractivity contribution in [2.24, 2.45) is 5.92 Å². The molecular weight excluding hydrogens is 254 g/mol. The van der Waals surface area contributed by atoms with Crippen molar-refractivity contribution in [2.45, 2.75) is 39.2 Å². The molecule has 4 heteroatoms. The minimum atomic E-state index is -0.387. The van der Waals surface area contributed by atoms with E-state index in [-0.39, 0.29) is 23.8 Å². The van der Waals surface area contributed by atoms with Crippen LogP contribution in [0.5, 0.6) is 0 Å². The lowest BCUT2D eigenvalue weighted by Crippen LogP contribution is -2.37. The van der Waals surface area contributed by atoms with Crippen molar-refractivity contribution in [3.05, 3.63) is 34.4 Å². The molecule has 0 radical (unpaired) electrons. The fourth-order valence-electron chi connectivity index (χ4n) is 3.35. The van der Waals surface area contributed by atoms with Gasteiger partial charge in [0.15, 0.2) is 0 Å². The van der Waals surface area contributed by atoms with E-state index >= 15 is 0 Å². The maximum atomic E-state index is 12.5. The summed E-state index contributed by atoms with van der Waals surface area (Å²) < 4.78 is 0. The van der Waals surface area contributed by atoms with Gasteiger partial charge in [-0.2, -0.15) is 0 Å². The number of hydrogen-bond donors (Lipinski definition) is 1. The van der Waals surface area contributed by atoms with Crippen LogP contribution < -0.4 is 0 Å². The Hall–Kier alpha value is -1.68. The van der Waals surface area contributed by atoms with Gasteiger partial charge in [0.1, 0.15) is 0 Å². The zero-order valence-electron chi connectivity index (χ0n) is 11.8. The van der Waals surface area contributed by atoms with Crippen molar-refractivity contribution in [1.82, 2.24) is 4.90 Å². The summed E-state index contributed by atoms with van der Waals surface area (Å²) >= 11 is 0. The Balaban J connectivity index is 1.93. The van der Waals surface area contributed by atoms with Gasteiger partial charge >= 0.3 is 0 Å². The molecule has 0 spiro atoms. The molecule has 0 aromatic heterocycles. The summed E-state index contributed by atoms with van der Waals surface area (Å²) in [7, 11) is 0. The molecule has 1 aliphatic carbocycles. The Morgan fingerprint density at radius 1 is 1.10 bits per heavy atom. The van der Waals surface area contributed by atoms with E-state index in [0.717, 1.165) is 30.4 Å². The Bertz CT molecular complexity index is 553. The van der Waals surface area contributed by atoms with Crippen LogP contribution in [0, 0.1) is 19.8 Å². The molecule has 4 nitrogen and oxygen atoms in total. The molecule has 2 unspecified atom stereocenters. The lowest BCUT2D eigenvalue weighted by molar-refractivity contribution is 0.0562. The summed E-state index contributed by atoms with van der Waals surface area (Å²) in [4.78, 5) is 26.3. The second kappa shape index (κ2) is 4.70. The highest BCUT2D eigenvalue weighted by molar-refractivity contribution is 6.22. The lowest BCUT2D eigenvalue weighted by atomic mass is 9.99. The van der Waals surface area contributed by atoms with Crippen LogP contribution in [-0.2, 0) is 0 Å². The van der Waals surface area contributed by atoms with E-state index in [9.17, 15) is 14.7 Å². The van der Waals surface area contributed by atoms with E-state index in [4.69, 9.17) is 0 Å². The number of carbonyl (C=O) groups excluding carboxylic acids is 2. The van der Waals surface area contributed by atoms with Gasteiger partial charge in [0, 0.05) is 12.5 Å². The second-order valence-electron chi connectivity index (χ2n) is 5.93. The molecule has 1 heterocycles. The van der Waals surface area contributed by atoms with Crippen LogP contribution in [0.2, 0.25) is 0 Å². The molecule has 1 saturated carbocycles. The zero-order valence-corrected chi connectivity index (χ0v) is 11.8. The van der Waals surface area contributed by atoms with E-state index in [2.05, 4.69) is 0 Å². The van der Waals surface area contributed by atoms with Crippen molar-refractivity contribution < 1.29 is 14.7 Å². The van der Waals surface area contributed by atoms with Gasteiger partial charge < -0.3 is 5.11 Å². The van der Waals surface area contributed by atoms with Gasteiger partial charge in [-0.1, -0.05) is 18.6 Å². The average Bonchev–Trinajstić information content (AvgIpc) is 2.92. The lowest BCUT2D eigenvalue weighted by Gasteiger charge is -2.21. The highest BCUT2D eigenvalue weighted by atomic mass is 16.3. The Morgan fingerprint density at radius 2 is 1.65 bits per heavy atom. The van der Waals surface area contributed by atoms with Gasteiger partial charge in [0.25, 0.3) is 11.8 Å². The van der Waals surface area contributed by atoms with Crippen LogP contribution in [0.3, 0.4) is 0 Å². The SMILES string of the molecule is Cc1ccc(C)c2c1C(=O)N(CC1CCCC1O)C2=O. The quantitative estimate of drug-likeness (QED) is 0.839. The molecule has 2 amide bonds. The first-order chi connectivity index (χ1) is 9.50. The molecule has 20 heavy (non-hydrogen) atoms. The fourth-order valence-corrected chi connectivity index (χ4v) is 3.35. The number of nitrogens with zero attached hydrogens (tertiary/aromatic N) is 1. The molecule has 3 rings (SSSR count). The summed E-state index contributed by atoms with van der Waals surface area (Å²) in [6.07, 6.45) is 2.23. The molecule has 1 N–H and O–H groups in total. The van der Waals surface area contributed by atoms with Crippen molar-refractivity contribution >= 4 is 11.8 Å². The summed E-state index contributed by atoms with van der Waals surface area (Å²) in [6, 6.07) is 3.76. The maximum absolute atomic E-state index is 12.5. The highest BCUT2D eigenvalue weighted by Crippen LogP contribution is 2.32. The molecule has 0 saturated heterocycles. The summed E-state index contributed by atoms with van der Waals surface area (Å²) in [6.45, 7) is 4.06. The van der Waals surface area contributed by atoms with E-state index in [1.54, 1.807) is 0 Å². The third-order valence-corrected chi connectivity index (χ3v) is 4.58. The van der Waals surface area contributed by atoms with Crippen molar-refractivity contribution in [1.29, 1.82) is 0 Å². The first-order valence-electron chi connectivity index (χ1n) is 7.15. The summed E-state index contributed by atoms with van der Waals surface area (Å²) in [5, 5.41) is 9.90. The third-order valence-electron chi connectivity index (χ3n) is 4.58. The van der Waals surface area contributed by atoms with Gasteiger partial charge in [-0.05, 0) is 37.8 Å². The number of aliphatic hydroxyl groups is 1. The zero-order chi connectivity index (χ0) is 14.4.